The van der Waals surface area contributed by atoms with E-state index in [0.29, 0.717) is 12.0 Å². The van der Waals surface area contributed by atoms with E-state index in [0.717, 1.165) is 30.7 Å². The molecule has 10 nitrogen and oxygen atoms in total. The molecule has 35 heavy (non-hydrogen) atoms. The van der Waals surface area contributed by atoms with Gasteiger partial charge in [0.1, 0.15) is 11.5 Å². The number of carboxylic acids is 4. The number of benzene rings is 3. The van der Waals surface area contributed by atoms with Crippen molar-refractivity contribution in [3.63, 3.8) is 0 Å². The van der Waals surface area contributed by atoms with Gasteiger partial charge in [-0.25, -0.2) is 19.2 Å². The highest BCUT2D eigenvalue weighted by molar-refractivity contribution is 6.02. The summed E-state index contributed by atoms with van der Waals surface area (Å²) in [6.45, 7) is 1.94. The summed E-state index contributed by atoms with van der Waals surface area (Å²) in [5.41, 5.74) is -1.02. The van der Waals surface area contributed by atoms with Gasteiger partial charge in [-0.05, 0) is 54.4 Å². The van der Waals surface area contributed by atoms with Crippen molar-refractivity contribution in [1.29, 1.82) is 0 Å². The van der Waals surface area contributed by atoms with Crippen molar-refractivity contribution < 1.29 is 49.1 Å². The van der Waals surface area contributed by atoms with Gasteiger partial charge in [0.2, 0.25) is 0 Å². The number of hydrogen-bond donors (Lipinski definition) is 4. The molecule has 0 bridgehead atoms. The average Bonchev–Trinajstić information content (AvgIpc) is 2.80. The number of rotatable bonds is 10. The molecule has 0 aliphatic rings. The summed E-state index contributed by atoms with van der Waals surface area (Å²) in [5, 5.41) is 37.2. The molecule has 0 atom stereocenters. The fraction of sp³-hybridized carbons (Fsp3) is 0.120. The third-order valence-electron chi connectivity index (χ3n) is 4.93. The van der Waals surface area contributed by atoms with Crippen molar-refractivity contribution in [3.8, 4) is 23.0 Å². The lowest BCUT2D eigenvalue weighted by atomic mass is 10.1. The van der Waals surface area contributed by atoms with Crippen LogP contribution in [0.25, 0.3) is 0 Å². The van der Waals surface area contributed by atoms with Crippen molar-refractivity contribution in [2.24, 2.45) is 0 Å². The second-order valence-corrected chi connectivity index (χ2v) is 7.33. The standard InChI is InChI=1S/C25H20O10/c1-2-4-13-5-3-6-20(34-14-7-9-16(22(26)27)18(11-14)24(30)31)21(13)35-15-8-10-17(23(28)29)19(12-15)25(32)33/h3,5-12H,2,4H2,1H3,(H,26,27)(H,28,29)(H,30,31)(H,32,33). The van der Waals surface area contributed by atoms with Gasteiger partial charge in [-0.3, -0.25) is 0 Å². The highest BCUT2D eigenvalue weighted by atomic mass is 16.5. The first-order chi connectivity index (χ1) is 16.6. The molecule has 10 heteroatoms. The highest BCUT2D eigenvalue weighted by Crippen LogP contribution is 2.39. The largest absolute Gasteiger partial charge is 0.478 e. The molecule has 0 radical (unpaired) electrons. The molecule has 0 aliphatic heterocycles. The van der Waals surface area contributed by atoms with Crippen LogP contribution in [-0.2, 0) is 6.42 Å². The first kappa shape index (κ1) is 24.8. The van der Waals surface area contributed by atoms with Crippen LogP contribution < -0.4 is 9.47 Å². The molecule has 3 aromatic carbocycles. The molecule has 0 heterocycles. The Morgan fingerprint density at radius 2 is 1.14 bits per heavy atom. The lowest BCUT2D eigenvalue weighted by molar-refractivity contribution is 0.0651. The maximum absolute atomic E-state index is 11.5. The summed E-state index contributed by atoms with van der Waals surface area (Å²) in [6.07, 6.45) is 1.29. The van der Waals surface area contributed by atoms with E-state index in [-0.39, 0.29) is 23.0 Å². The highest BCUT2D eigenvalue weighted by Gasteiger charge is 2.21. The third-order valence-corrected chi connectivity index (χ3v) is 4.93. The van der Waals surface area contributed by atoms with Crippen LogP contribution in [0.4, 0.5) is 0 Å². The third kappa shape index (κ3) is 5.56. The molecular formula is C25H20O10. The Kier molecular flexibility index (Phi) is 7.35. The number of aryl methyl sites for hydroxylation is 1. The maximum atomic E-state index is 11.5. The lowest BCUT2D eigenvalue weighted by Gasteiger charge is -2.17. The van der Waals surface area contributed by atoms with Crippen LogP contribution in [0.5, 0.6) is 23.0 Å². The predicted molar refractivity (Wildman–Crippen MR) is 121 cm³/mol. The zero-order valence-electron chi connectivity index (χ0n) is 18.3. The zero-order valence-corrected chi connectivity index (χ0v) is 18.3. The SMILES string of the molecule is CCCc1cccc(Oc2ccc(C(=O)O)c(C(=O)O)c2)c1Oc1ccc(C(=O)O)c(C(=O)O)c1. The Morgan fingerprint density at radius 3 is 1.60 bits per heavy atom. The molecule has 3 rings (SSSR count). The molecule has 4 N–H and O–H groups in total. The van der Waals surface area contributed by atoms with Crippen LogP contribution in [0.15, 0.2) is 54.6 Å². The van der Waals surface area contributed by atoms with Crippen LogP contribution in [0, 0.1) is 0 Å². The molecule has 3 aromatic rings. The van der Waals surface area contributed by atoms with Gasteiger partial charge >= 0.3 is 23.9 Å². The number of carboxylic acid groups (broad SMARTS) is 4. The van der Waals surface area contributed by atoms with Gasteiger partial charge < -0.3 is 29.9 Å². The van der Waals surface area contributed by atoms with E-state index in [1.54, 1.807) is 18.2 Å². The second kappa shape index (κ2) is 10.4. The van der Waals surface area contributed by atoms with Crippen molar-refractivity contribution in [2.75, 3.05) is 0 Å². The van der Waals surface area contributed by atoms with Crippen LogP contribution in [0.2, 0.25) is 0 Å². The van der Waals surface area contributed by atoms with Gasteiger partial charge in [0.25, 0.3) is 0 Å². The van der Waals surface area contributed by atoms with E-state index in [9.17, 15) is 39.6 Å². The quantitative estimate of drug-likeness (QED) is 0.309. The number of aromatic carboxylic acids is 4. The van der Waals surface area contributed by atoms with Crippen molar-refractivity contribution in [3.05, 3.63) is 82.4 Å². The topological polar surface area (TPSA) is 168 Å². The summed E-state index contributed by atoms with van der Waals surface area (Å²) in [5.74, 6) is -5.21. The molecule has 0 aliphatic carbocycles. The molecule has 0 aromatic heterocycles. The number of hydrogen-bond acceptors (Lipinski definition) is 6. The summed E-state index contributed by atoms with van der Waals surface area (Å²) in [6, 6.07) is 12.0. The minimum atomic E-state index is -1.44. The molecule has 0 spiro atoms. The Bertz CT molecular complexity index is 1330. The fourth-order valence-electron chi connectivity index (χ4n) is 3.37. The molecule has 180 valence electrons. The van der Waals surface area contributed by atoms with Gasteiger partial charge in [-0.15, -0.1) is 0 Å². The molecular weight excluding hydrogens is 460 g/mol. The normalized spacial score (nSPS) is 10.4. The van der Waals surface area contributed by atoms with E-state index in [2.05, 4.69) is 0 Å². The van der Waals surface area contributed by atoms with Crippen molar-refractivity contribution in [1.82, 2.24) is 0 Å². The molecule has 0 unspecified atom stereocenters. The van der Waals surface area contributed by atoms with Crippen molar-refractivity contribution in [2.45, 2.75) is 19.8 Å². The predicted octanol–water partition coefficient (Wildman–Crippen LogP) is 5.02. The maximum Gasteiger partial charge on any atom is 0.336 e. The van der Waals surface area contributed by atoms with Crippen LogP contribution in [-0.4, -0.2) is 44.3 Å². The van der Waals surface area contributed by atoms with E-state index in [1.165, 1.54) is 12.1 Å². The van der Waals surface area contributed by atoms with E-state index in [1.807, 2.05) is 6.92 Å². The minimum Gasteiger partial charge on any atom is -0.478 e. The van der Waals surface area contributed by atoms with Crippen LogP contribution in [0.1, 0.15) is 60.3 Å². The van der Waals surface area contributed by atoms with E-state index >= 15 is 0 Å². The Morgan fingerprint density at radius 1 is 0.657 bits per heavy atom. The fourth-order valence-corrected chi connectivity index (χ4v) is 3.37. The molecule has 0 fully saturated rings. The number of para-hydroxylation sites is 1. The summed E-state index contributed by atoms with van der Waals surface area (Å²) in [7, 11) is 0. The monoisotopic (exact) mass is 480 g/mol. The van der Waals surface area contributed by atoms with Crippen molar-refractivity contribution >= 4 is 23.9 Å². The Balaban J connectivity index is 2.06. The van der Waals surface area contributed by atoms with Gasteiger partial charge in [0.05, 0.1) is 22.3 Å². The smallest absolute Gasteiger partial charge is 0.336 e. The molecule has 0 saturated heterocycles. The van der Waals surface area contributed by atoms with Gasteiger partial charge in [-0.1, -0.05) is 25.5 Å². The summed E-state index contributed by atoms with van der Waals surface area (Å²) in [4.78, 5) is 45.7. The summed E-state index contributed by atoms with van der Waals surface area (Å²) < 4.78 is 11.8. The van der Waals surface area contributed by atoms with Gasteiger partial charge in [0.15, 0.2) is 11.5 Å². The van der Waals surface area contributed by atoms with E-state index in [4.69, 9.17) is 9.47 Å². The van der Waals surface area contributed by atoms with Crippen LogP contribution in [0.3, 0.4) is 0 Å². The van der Waals surface area contributed by atoms with E-state index < -0.39 is 46.1 Å². The first-order valence-electron chi connectivity index (χ1n) is 10.3. The van der Waals surface area contributed by atoms with Gasteiger partial charge in [-0.2, -0.15) is 0 Å². The zero-order chi connectivity index (χ0) is 25.7. The first-order valence-corrected chi connectivity index (χ1v) is 10.3. The average molecular weight is 480 g/mol. The van der Waals surface area contributed by atoms with Crippen LogP contribution >= 0.6 is 0 Å². The van der Waals surface area contributed by atoms with Gasteiger partial charge in [0, 0.05) is 0 Å². The number of carbonyl (C=O) groups is 4. The molecule has 0 amide bonds. The lowest BCUT2D eigenvalue weighted by Crippen LogP contribution is -2.08. The number of ether oxygens (including phenoxy) is 2. The molecule has 0 saturated carbocycles. The Hall–Kier alpha value is -4.86. The summed E-state index contributed by atoms with van der Waals surface area (Å²) >= 11 is 0. The Labute approximate surface area is 198 Å². The second-order valence-electron chi connectivity index (χ2n) is 7.33. The minimum absolute atomic E-state index is 0.0401.